The molecule has 2 rings (SSSR count). The van der Waals surface area contributed by atoms with E-state index < -0.39 is 11.7 Å². The van der Waals surface area contributed by atoms with Crippen molar-refractivity contribution < 1.29 is 13.2 Å². The predicted octanol–water partition coefficient (Wildman–Crippen LogP) is 4.79. The molecular weight excluding hydrogens is 289 g/mol. The first-order valence-electron chi connectivity index (χ1n) is 6.15. The third-order valence-corrected chi connectivity index (χ3v) is 3.27. The van der Waals surface area contributed by atoms with Gasteiger partial charge in [0, 0.05) is 31.2 Å². The van der Waals surface area contributed by atoms with Crippen molar-refractivity contribution in [1.82, 2.24) is 4.57 Å². The zero-order valence-corrected chi connectivity index (χ0v) is 11.6. The highest BCUT2D eigenvalue weighted by Gasteiger charge is 2.33. The van der Waals surface area contributed by atoms with Crippen molar-refractivity contribution >= 4 is 17.3 Å². The summed E-state index contributed by atoms with van der Waals surface area (Å²) >= 11 is 5.57. The van der Waals surface area contributed by atoms with Gasteiger partial charge in [-0.25, -0.2) is 0 Å². The molecule has 6 heteroatoms. The summed E-state index contributed by atoms with van der Waals surface area (Å²) in [5, 5.41) is 2.67. The van der Waals surface area contributed by atoms with E-state index in [1.807, 2.05) is 30.0 Å². The Morgan fingerprint density at radius 3 is 2.60 bits per heavy atom. The molecule has 0 spiro atoms. The lowest BCUT2D eigenvalue weighted by Crippen LogP contribution is -2.07. The fourth-order valence-corrected chi connectivity index (χ4v) is 2.07. The normalized spacial score (nSPS) is 11.7. The second-order valence-corrected chi connectivity index (χ2v) is 4.80. The van der Waals surface area contributed by atoms with Crippen LogP contribution in [0.4, 0.5) is 18.9 Å². The molecule has 1 heterocycles. The van der Waals surface area contributed by atoms with Crippen molar-refractivity contribution in [3.05, 3.63) is 52.8 Å². The molecule has 0 bridgehead atoms. The van der Waals surface area contributed by atoms with Crippen LogP contribution in [-0.2, 0) is 19.3 Å². The Morgan fingerprint density at radius 2 is 2.00 bits per heavy atom. The second-order valence-electron chi connectivity index (χ2n) is 4.40. The summed E-state index contributed by atoms with van der Waals surface area (Å²) < 4.78 is 40.2. The van der Waals surface area contributed by atoms with Crippen molar-refractivity contribution in [2.75, 3.05) is 5.32 Å². The van der Waals surface area contributed by atoms with Gasteiger partial charge in [0.05, 0.1) is 10.6 Å². The summed E-state index contributed by atoms with van der Waals surface area (Å²) in [5.41, 5.74) is 0.580. The summed E-state index contributed by atoms with van der Waals surface area (Å²) in [5.74, 6) is 0. The number of halogens is 4. The number of anilines is 1. The standard InChI is InChI=1S/C14H14ClF3N2/c1-2-20-6-5-10(9-20)8-19-11-3-4-13(15)12(7-11)14(16,17)18/h3-7,9,19H,2,8H2,1H3. The van der Waals surface area contributed by atoms with Crippen LogP contribution < -0.4 is 5.32 Å². The van der Waals surface area contributed by atoms with Crippen LogP contribution in [0, 0.1) is 0 Å². The van der Waals surface area contributed by atoms with Gasteiger partial charge in [-0.1, -0.05) is 11.6 Å². The van der Waals surface area contributed by atoms with Crippen molar-refractivity contribution in [2.24, 2.45) is 0 Å². The van der Waals surface area contributed by atoms with Gasteiger partial charge in [0.25, 0.3) is 0 Å². The van der Waals surface area contributed by atoms with Crippen molar-refractivity contribution in [3.8, 4) is 0 Å². The molecule has 0 radical (unpaired) electrons. The highest BCUT2D eigenvalue weighted by molar-refractivity contribution is 6.31. The summed E-state index contributed by atoms with van der Waals surface area (Å²) in [6.07, 6.45) is -0.562. The molecule has 20 heavy (non-hydrogen) atoms. The average molecular weight is 303 g/mol. The number of nitrogens with zero attached hydrogens (tertiary/aromatic N) is 1. The fraction of sp³-hybridized carbons (Fsp3) is 0.286. The van der Waals surface area contributed by atoms with Crippen molar-refractivity contribution in [1.29, 1.82) is 0 Å². The highest BCUT2D eigenvalue weighted by atomic mass is 35.5. The Balaban J connectivity index is 2.10. The van der Waals surface area contributed by atoms with Gasteiger partial charge in [-0.15, -0.1) is 0 Å². The van der Waals surface area contributed by atoms with E-state index in [0.29, 0.717) is 12.2 Å². The molecule has 108 valence electrons. The topological polar surface area (TPSA) is 17.0 Å². The number of aryl methyl sites for hydroxylation is 1. The lowest BCUT2D eigenvalue weighted by molar-refractivity contribution is -0.137. The Morgan fingerprint density at radius 1 is 1.25 bits per heavy atom. The van der Waals surface area contributed by atoms with E-state index in [-0.39, 0.29) is 5.02 Å². The molecule has 0 aliphatic rings. The molecule has 0 fully saturated rings. The van der Waals surface area contributed by atoms with E-state index in [1.54, 1.807) is 0 Å². The van der Waals surface area contributed by atoms with E-state index in [9.17, 15) is 13.2 Å². The molecule has 1 aromatic carbocycles. The number of aromatic nitrogens is 1. The number of hydrogen-bond acceptors (Lipinski definition) is 1. The SMILES string of the molecule is CCn1ccc(CNc2ccc(Cl)c(C(F)(F)F)c2)c1. The summed E-state index contributed by atoms with van der Waals surface area (Å²) in [6, 6.07) is 5.74. The summed E-state index contributed by atoms with van der Waals surface area (Å²) in [6.45, 7) is 3.34. The smallest absolute Gasteiger partial charge is 0.381 e. The molecule has 0 unspecified atom stereocenters. The van der Waals surface area contributed by atoms with Gasteiger partial charge in [-0.2, -0.15) is 13.2 Å². The lowest BCUT2D eigenvalue weighted by Gasteiger charge is -2.12. The number of rotatable bonds is 4. The predicted molar refractivity (Wildman–Crippen MR) is 73.9 cm³/mol. The Hall–Kier alpha value is -1.62. The Labute approximate surface area is 120 Å². The second kappa shape index (κ2) is 5.79. The van der Waals surface area contributed by atoms with Crippen LogP contribution in [0.5, 0.6) is 0 Å². The maximum Gasteiger partial charge on any atom is 0.417 e. The van der Waals surface area contributed by atoms with Gasteiger partial charge < -0.3 is 9.88 Å². The number of hydrogen-bond donors (Lipinski definition) is 1. The highest BCUT2D eigenvalue weighted by Crippen LogP contribution is 2.36. The van der Waals surface area contributed by atoms with Crippen molar-refractivity contribution in [3.63, 3.8) is 0 Å². The number of alkyl halides is 3. The van der Waals surface area contributed by atoms with Gasteiger partial charge in [0.1, 0.15) is 0 Å². The molecular formula is C14H14ClF3N2. The van der Waals surface area contributed by atoms with E-state index in [2.05, 4.69) is 5.32 Å². The van der Waals surface area contributed by atoms with Gasteiger partial charge >= 0.3 is 6.18 Å². The van der Waals surface area contributed by atoms with E-state index >= 15 is 0 Å². The minimum atomic E-state index is -4.44. The van der Waals surface area contributed by atoms with Crippen LogP contribution in [-0.4, -0.2) is 4.57 Å². The van der Waals surface area contributed by atoms with Crippen LogP contribution in [0.2, 0.25) is 5.02 Å². The molecule has 0 aliphatic heterocycles. The molecule has 0 aliphatic carbocycles. The van der Waals surface area contributed by atoms with E-state index in [1.165, 1.54) is 12.1 Å². The maximum absolute atomic E-state index is 12.7. The van der Waals surface area contributed by atoms with Crippen LogP contribution in [0.15, 0.2) is 36.7 Å². The molecule has 1 N–H and O–H groups in total. The summed E-state index contributed by atoms with van der Waals surface area (Å²) in [7, 11) is 0. The van der Waals surface area contributed by atoms with Crippen LogP contribution in [0.25, 0.3) is 0 Å². The van der Waals surface area contributed by atoms with Gasteiger partial charge in [0.2, 0.25) is 0 Å². The molecule has 0 saturated heterocycles. The third kappa shape index (κ3) is 3.48. The Bertz CT molecular complexity index is 590. The summed E-state index contributed by atoms with van der Waals surface area (Å²) in [4.78, 5) is 0. The van der Waals surface area contributed by atoms with Crippen LogP contribution >= 0.6 is 11.6 Å². The van der Waals surface area contributed by atoms with Crippen LogP contribution in [0.3, 0.4) is 0 Å². The molecule has 2 aromatic rings. The first-order valence-corrected chi connectivity index (χ1v) is 6.53. The maximum atomic E-state index is 12.7. The largest absolute Gasteiger partial charge is 0.417 e. The average Bonchev–Trinajstić information content (AvgIpc) is 2.84. The first kappa shape index (κ1) is 14.8. The molecule has 2 nitrogen and oxygen atoms in total. The van der Waals surface area contributed by atoms with Gasteiger partial charge in [-0.05, 0) is 36.8 Å². The van der Waals surface area contributed by atoms with Crippen LogP contribution in [0.1, 0.15) is 18.1 Å². The quantitative estimate of drug-likeness (QED) is 0.859. The van der Waals surface area contributed by atoms with Gasteiger partial charge in [-0.3, -0.25) is 0 Å². The molecule has 0 saturated carbocycles. The monoisotopic (exact) mass is 302 g/mol. The Kier molecular flexibility index (Phi) is 4.28. The first-order chi connectivity index (χ1) is 9.40. The zero-order valence-electron chi connectivity index (χ0n) is 10.8. The minimum absolute atomic E-state index is 0.291. The fourth-order valence-electron chi connectivity index (χ4n) is 1.85. The molecule has 0 amide bonds. The van der Waals surface area contributed by atoms with E-state index in [0.717, 1.165) is 18.2 Å². The number of nitrogens with one attached hydrogen (secondary N) is 1. The molecule has 1 aromatic heterocycles. The van der Waals surface area contributed by atoms with E-state index in [4.69, 9.17) is 11.6 Å². The van der Waals surface area contributed by atoms with Crippen molar-refractivity contribution in [2.45, 2.75) is 26.2 Å². The van der Waals surface area contributed by atoms with Gasteiger partial charge in [0.15, 0.2) is 0 Å². The minimum Gasteiger partial charge on any atom is -0.381 e. The zero-order chi connectivity index (χ0) is 14.8. The lowest BCUT2D eigenvalue weighted by atomic mass is 10.2. The number of benzene rings is 1. The molecule has 0 atom stereocenters. The third-order valence-electron chi connectivity index (χ3n) is 2.95.